The number of hydrogen-bond donors (Lipinski definition) is 1. The van der Waals surface area contributed by atoms with Crippen LogP contribution in [0.3, 0.4) is 0 Å². The highest BCUT2D eigenvalue weighted by Gasteiger charge is 2.21. The summed E-state index contributed by atoms with van der Waals surface area (Å²) in [5.41, 5.74) is 1.25. The topological polar surface area (TPSA) is 61.7 Å². The lowest BCUT2D eigenvalue weighted by molar-refractivity contribution is -0.384. The second kappa shape index (κ2) is 8.60. The van der Waals surface area contributed by atoms with Crippen molar-refractivity contribution >= 4 is 40.3 Å². The number of hydrogen-bond acceptors (Lipinski definition) is 4. The molecule has 9 heteroatoms. The van der Waals surface area contributed by atoms with Gasteiger partial charge in [-0.3, -0.25) is 15.0 Å². The molecule has 1 aliphatic rings. The minimum atomic E-state index is -0.441. The summed E-state index contributed by atoms with van der Waals surface area (Å²) >= 11 is 11.5. The van der Waals surface area contributed by atoms with Crippen molar-refractivity contribution < 1.29 is 9.31 Å². The molecule has 0 radical (unpaired) electrons. The van der Waals surface area contributed by atoms with Gasteiger partial charge in [0.05, 0.1) is 4.92 Å². The summed E-state index contributed by atoms with van der Waals surface area (Å²) in [6.07, 6.45) is 0. The smallest absolute Gasteiger partial charge is 0.269 e. The van der Waals surface area contributed by atoms with Gasteiger partial charge in [0.15, 0.2) is 5.11 Å². The fourth-order valence-electron chi connectivity index (χ4n) is 2.89. The van der Waals surface area contributed by atoms with Gasteiger partial charge in [-0.2, -0.15) is 0 Å². The summed E-state index contributed by atoms with van der Waals surface area (Å²) in [5.74, 6) is -0.291. The van der Waals surface area contributed by atoms with Crippen molar-refractivity contribution in [2.75, 3.05) is 31.5 Å². The van der Waals surface area contributed by atoms with Crippen molar-refractivity contribution in [2.24, 2.45) is 0 Å². The standard InChI is InChI=1S/C18H18ClFN4O2S/c19-16-2-1-3-17(20)15(16)12-22-8-10-23(11-9-22)18(27)21-13-4-6-14(7-5-13)24(25)26/h1-7H,8-12H2,(H,21,27). The predicted octanol–water partition coefficient (Wildman–Crippen LogP) is 3.90. The monoisotopic (exact) mass is 408 g/mol. The van der Waals surface area contributed by atoms with Crippen LogP contribution in [0.1, 0.15) is 5.56 Å². The number of benzene rings is 2. The molecule has 2 aromatic rings. The molecule has 0 bridgehead atoms. The highest BCUT2D eigenvalue weighted by atomic mass is 35.5. The molecular weight excluding hydrogens is 391 g/mol. The first kappa shape index (κ1) is 19.5. The lowest BCUT2D eigenvalue weighted by Gasteiger charge is -2.36. The second-order valence-corrected chi connectivity index (χ2v) is 6.99. The number of nitrogens with one attached hydrogen (secondary N) is 1. The third-order valence-electron chi connectivity index (χ3n) is 4.43. The van der Waals surface area contributed by atoms with E-state index >= 15 is 0 Å². The van der Waals surface area contributed by atoms with E-state index in [1.54, 1.807) is 24.3 Å². The Kier molecular flexibility index (Phi) is 6.20. The first-order valence-electron chi connectivity index (χ1n) is 8.39. The summed E-state index contributed by atoms with van der Waals surface area (Å²) in [7, 11) is 0. The maximum atomic E-state index is 13.9. The van der Waals surface area contributed by atoms with Gasteiger partial charge in [-0.05, 0) is 36.5 Å². The molecule has 1 saturated heterocycles. The van der Waals surface area contributed by atoms with E-state index in [0.29, 0.717) is 41.0 Å². The highest BCUT2D eigenvalue weighted by Crippen LogP contribution is 2.22. The van der Waals surface area contributed by atoms with E-state index in [-0.39, 0.29) is 11.5 Å². The van der Waals surface area contributed by atoms with Gasteiger partial charge in [0.1, 0.15) is 5.82 Å². The van der Waals surface area contributed by atoms with Crippen LogP contribution in [0.4, 0.5) is 15.8 Å². The third-order valence-corrected chi connectivity index (χ3v) is 5.15. The van der Waals surface area contributed by atoms with Gasteiger partial charge in [-0.15, -0.1) is 0 Å². The Morgan fingerprint density at radius 3 is 2.44 bits per heavy atom. The molecule has 0 unspecified atom stereocenters. The van der Waals surface area contributed by atoms with E-state index in [9.17, 15) is 14.5 Å². The third kappa shape index (κ3) is 4.91. The summed E-state index contributed by atoms with van der Waals surface area (Å²) in [6, 6.07) is 10.8. The van der Waals surface area contributed by atoms with Gasteiger partial charge < -0.3 is 10.2 Å². The number of thiocarbonyl (C=S) groups is 1. The Labute approximate surface area is 166 Å². The average molecular weight is 409 g/mol. The van der Waals surface area contributed by atoms with Crippen molar-refractivity contribution in [3.05, 3.63) is 69.0 Å². The van der Waals surface area contributed by atoms with Crippen LogP contribution in [0.15, 0.2) is 42.5 Å². The molecule has 1 aliphatic heterocycles. The maximum absolute atomic E-state index is 13.9. The zero-order valence-electron chi connectivity index (χ0n) is 14.4. The fraction of sp³-hybridized carbons (Fsp3) is 0.278. The van der Waals surface area contributed by atoms with E-state index < -0.39 is 4.92 Å². The summed E-state index contributed by atoms with van der Waals surface area (Å²) in [5, 5.41) is 14.8. The first-order valence-corrected chi connectivity index (χ1v) is 9.18. The Morgan fingerprint density at radius 1 is 1.19 bits per heavy atom. The summed E-state index contributed by atoms with van der Waals surface area (Å²) < 4.78 is 13.9. The Hall–Kier alpha value is -2.29. The zero-order valence-corrected chi connectivity index (χ0v) is 16.0. The molecule has 1 heterocycles. The van der Waals surface area contributed by atoms with Crippen molar-refractivity contribution in [3.8, 4) is 0 Å². The highest BCUT2D eigenvalue weighted by molar-refractivity contribution is 7.80. The summed E-state index contributed by atoms with van der Waals surface area (Å²) in [4.78, 5) is 14.4. The molecule has 1 fully saturated rings. The number of anilines is 1. The maximum Gasteiger partial charge on any atom is 0.269 e. The van der Waals surface area contributed by atoms with Gasteiger partial charge in [0, 0.05) is 61.1 Å². The van der Waals surface area contributed by atoms with Crippen molar-refractivity contribution in [2.45, 2.75) is 6.54 Å². The van der Waals surface area contributed by atoms with Crippen LogP contribution >= 0.6 is 23.8 Å². The number of nitro benzene ring substituents is 1. The van der Waals surface area contributed by atoms with Gasteiger partial charge in [0.2, 0.25) is 0 Å². The van der Waals surface area contributed by atoms with Crippen LogP contribution in [-0.4, -0.2) is 46.0 Å². The minimum absolute atomic E-state index is 0.0342. The zero-order chi connectivity index (χ0) is 19.4. The lowest BCUT2D eigenvalue weighted by Crippen LogP contribution is -2.49. The molecule has 0 aromatic heterocycles. The number of rotatable bonds is 4. The van der Waals surface area contributed by atoms with Crippen molar-refractivity contribution in [3.63, 3.8) is 0 Å². The molecule has 27 heavy (non-hydrogen) atoms. The van der Waals surface area contributed by atoms with Crippen LogP contribution in [-0.2, 0) is 6.54 Å². The molecule has 0 atom stereocenters. The lowest BCUT2D eigenvalue weighted by atomic mass is 10.2. The Morgan fingerprint density at radius 2 is 1.85 bits per heavy atom. The van der Waals surface area contributed by atoms with Crippen molar-refractivity contribution in [1.82, 2.24) is 9.80 Å². The molecule has 0 amide bonds. The van der Waals surface area contributed by atoms with E-state index in [1.807, 2.05) is 4.90 Å². The first-order chi connectivity index (χ1) is 12.9. The molecule has 1 N–H and O–H groups in total. The number of non-ortho nitro benzene ring substituents is 1. The van der Waals surface area contributed by atoms with E-state index in [2.05, 4.69) is 10.2 Å². The number of piperazine rings is 1. The van der Waals surface area contributed by atoms with Gasteiger partial charge >= 0.3 is 0 Å². The molecule has 0 saturated carbocycles. The second-order valence-electron chi connectivity index (χ2n) is 6.20. The van der Waals surface area contributed by atoms with Crippen LogP contribution in [0.25, 0.3) is 0 Å². The van der Waals surface area contributed by atoms with Crippen LogP contribution in [0, 0.1) is 15.9 Å². The van der Waals surface area contributed by atoms with Crippen LogP contribution in [0.5, 0.6) is 0 Å². The largest absolute Gasteiger partial charge is 0.346 e. The fourth-order valence-corrected chi connectivity index (χ4v) is 3.41. The minimum Gasteiger partial charge on any atom is -0.346 e. The van der Waals surface area contributed by atoms with Gasteiger partial charge in [0.25, 0.3) is 5.69 Å². The van der Waals surface area contributed by atoms with E-state index in [0.717, 1.165) is 13.1 Å². The van der Waals surface area contributed by atoms with Crippen molar-refractivity contribution in [1.29, 1.82) is 0 Å². The Balaban J connectivity index is 1.52. The van der Waals surface area contributed by atoms with Gasteiger partial charge in [-0.25, -0.2) is 4.39 Å². The number of halogens is 2. The van der Waals surface area contributed by atoms with E-state index in [1.165, 1.54) is 18.2 Å². The van der Waals surface area contributed by atoms with Gasteiger partial charge in [-0.1, -0.05) is 17.7 Å². The molecule has 142 valence electrons. The van der Waals surface area contributed by atoms with Crippen LogP contribution in [0.2, 0.25) is 5.02 Å². The normalized spacial score (nSPS) is 14.8. The quantitative estimate of drug-likeness (QED) is 0.470. The molecule has 6 nitrogen and oxygen atoms in total. The molecule has 0 spiro atoms. The van der Waals surface area contributed by atoms with E-state index in [4.69, 9.17) is 23.8 Å². The SMILES string of the molecule is O=[N+]([O-])c1ccc(NC(=S)N2CCN(Cc3c(F)cccc3Cl)CC2)cc1. The molecular formula is C18H18ClFN4O2S. The average Bonchev–Trinajstić information content (AvgIpc) is 2.66. The van der Waals surface area contributed by atoms with Crippen LogP contribution < -0.4 is 5.32 Å². The Bertz CT molecular complexity index is 822. The molecule has 0 aliphatic carbocycles. The molecule has 2 aromatic carbocycles. The summed E-state index contributed by atoms with van der Waals surface area (Å²) in [6.45, 7) is 3.32. The predicted molar refractivity (Wildman–Crippen MR) is 108 cm³/mol. The molecule has 3 rings (SSSR count). The number of nitro groups is 1. The number of nitrogens with zero attached hydrogens (tertiary/aromatic N) is 3.